The van der Waals surface area contributed by atoms with Crippen molar-refractivity contribution >= 4 is 17.8 Å². The lowest BCUT2D eigenvalue weighted by atomic mass is 10.2. The summed E-state index contributed by atoms with van der Waals surface area (Å²) in [6.45, 7) is 4.43. The molecule has 2 rings (SSSR count). The van der Waals surface area contributed by atoms with Crippen molar-refractivity contribution in [2.45, 2.75) is 32.4 Å². The van der Waals surface area contributed by atoms with Crippen LogP contribution in [0.3, 0.4) is 0 Å². The molecule has 2 heterocycles. The molecular formula is C13H16N4O4. The van der Waals surface area contributed by atoms with Crippen LogP contribution in [0.2, 0.25) is 0 Å². The van der Waals surface area contributed by atoms with E-state index < -0.39 is 17.9 Å². The van der Waals surface area contributed by atoms with E-state index in [1.54, 1.807) is 4.90 Å². The van der Waals surface area contributed by atoms with E-state index in [9.17, 15) is 14.4 Å². The highest BCUT2D eigenvalue weighted by molar-refractivity contribution is 5.96. The van der Waals surface area contributed by atoms with Crippen molar-refractivity contribution in [3.8, 4) is 0 Å². The molecule has 1 aromatic rings. The van der Waals surface area contributed by atoms with Gasteiger partial charge in [0, 0.05) is 12.6 Å². The van der Waals surface area contributed by atoms with Crippen molar-refractivity contribution in [1.29, 1.82) is 0 Å². The second kappa shape index (κ2) is 5.86. The molecule has 0 aliphatic carbocycles. The predicted molar refractivity (Wildman–Crippen MR) is 71.7 cm³/mol. The number of carboxylic acid groups (broad SMARTS) is 1. The van der Waals surface area contributed by atoms with E-state index in [2.05, 4.69) is 15.3 Å². The number of nitrogens with one attached hydrogen (secondary N) is 1. The molecule has 0 spiro atoms. The first kappa shape index (κ1) is 14.9. The SMILES string of the molecule is CC(C)N1CCC(NC(=O)c2cnc(C(=O)O)cn2)C1=O. The highest BCUT2D eigenvalue weighted by Crippen LogP contribution is 2.14. The van der Waals surface area contributed by atoms with Gasteiger partial charge >= 0.3 is 5.97 Å². The summed E-state index contributed by atoms with van der Waals surface area (Å²) in [5.74, 6) is -1.87. The van der Waals surface area contributed by atoms with Gasteiger partial charge in [0.15, 0.2) is 5.69 Å². The van der Waals surface area contributed by atoms with E-state index in [-0.39, 0.29) is 23.3 Å². The molecule has 8 heteroatoms. The van der Waals surface area contributed by atoms with Gasteiger partial charge in [-0.2, -0.15) is 0 Å². The third-order valence-corrected chi connectivity index (χ3v) is 3.27. The van der Waals surface area contributed by atoms with Crippen LogP contribution in [-0.4, -0.2) is 56.4 Å². The Balaban J connectivity index is 2.02. The average Bonchev–Trinajstić information content (AvgIpc) is 2.80. The van der Waals surface area contributed by atoms with E-state index in [1.165, 1.54) is 0 Å². The minimum absolute atomic E-state index is 0.0178. The second-order valence-corrected chi connectivity index (χ2v) is 5.03. The van der Waals surface area contributed by atoms with E-state index in [0.29, 0.717) is 13.0 Å². The number of likely N-dealkylation sites (tertiary alicyclic amines) is 1. The minimum Gasteiger partial charge on any atom is -0.476 e. The Bertz CT molecular complexity index is 570. The van der Waals surface area contributed by atoms with Crippen LogP contribution in [0, 0.1) is 0 Å². The number of carbonyl (C=O) groups excluding carboxylic acids is 2. The molecule has 21 heavy (non-hydrogen) atoms. The molecule has 1 saturated heterocycles. The summed E-state index contributed by atoms with van der Waals surface area (Å²) >= 11 is 0. The number of aromatic carboxylic acids is 1. The number of rotatable bonds is 4. The molecule has 1 aliphatic rings. The topological polar surface area (TPSA) is 112 Å². The van der Waals surface area contributed by atoms with Crippen LogP contribution in [0.5, 0.6) is 0 Å². The maximum Gasteiger partial charge on any atom is 0.356 e. The van der Waals surface area contributed by atoms with Crippen molar-refractivity contribution in [2.75, 3.05) is 6.54 Å². The van der Waals surface area contributed by atoms with Gasteiger partial charge in [0.2, 0.25) is 5.91 Å². The van der Waals surface area contributed by atoms with Crippen LogP contribution >= 0.6 is 0 Å². The van der Waals surface area contributed by atoms with Crippen LogP contribution in [-0.2, 0) is 4.79 Å². The summed E-state index contributed by atoms with van der Waals surface area (Å²) in [7, 11) is 0. The van der Waals surface area contributed by atoms with Gasteiger partial charge in [-0.05, 0) is 20.3 Å². The molecule has 2 N–H and O–H groups in total. The summed E-state index contributed by atoms with van der Waals surface area (Å²) < 4.78 is 0. The lowest BCUT2D eigenvalue weighted by Crippen LogP contribution is -2.43. The van der Waals surface area contributed by atoms with Crippen LogP contribution in [0.15, 0.2) is 12.4 Å². The van der Waals surface area contributed by atoms with Crippen molar-refractivity contribution < 1.29 is 19.5 Å². The standard InChI is InChI=1S/C13H16N4O4/c1-7(2)17-4-3-8(12(17)19)16-11(18)9-5-15-10(6-14-9)13(20)21/h5-8H,3-4H2,1-2H3,(H,16,18)(H,20,21). The van der Waals surface area contributed by atoms with E-state index in [4.69, 9.17) is 5.11 Å². The highest BCUT2D eigenvalue weighted by Gasteiger charge is 2.34. The molecule has 1 fully saturated rings. The van der Waals surface area contributed by atoms with Gasteiger partial charge in [-0.1, -0.05) is 0 Å². The van der Waals surface area contributed by atoms with Gasteiger partial charge in [0.05, 0.1) is 12.4 Å². The number of hydrogen-bond acceptors (Lipinski definition) is 5. The normalized spacial score (nSPS) is 18.1. The lowest BCUT2D eigenvalue weighted by Gasteiger charge is -2.21. The Morgan fingerprint density at radius 2 is 1.95 bits per heavy atom. The molecule has 1 unspecified atom stereocenters. The van der Waals surface area contributed by atoms with Crippen LogP contribution < -0.4 is 5.32 Å². The summed E-state index contributed by atoms with van der Waals surface area (Å²) in [5.41, 5.74) is -0.259. The fourth-order valence-corrected chi connectivity index (χ4v) is 2.14. The Labute approximate surface area is 121 Å². The summed E-state index contributed by atoms with van der Waals surface area (Å²) in [4.78, 5) is 43.7. The monoisotopic (exact) mass is 292 g/mol. The maximum absolute atomic E-state index is 12.1. The quantitative estimate of drug-likeness (QED) is 0.802. The zero-order valence-electron chi connectivity index (χ0n) is 11.7. The number of carboxylic acids is 1. The van der Waals surface area contributed by atoms with Crippen molar-refractivity contribution in [3.05, 3.63) is 23.8 Å². The van der Waals surface area contributed by atoms with Crippen LogP contribution in [0.4, 0.5) is 0 Å². The highest BCUT2D eigenvalue weighted by atomic mass is 16.4. The second-order valence-electron chi connectivity index (χ2n) is 5.03. The smallest absolute Gasteiger partial charge is 0.356 e. The van der Waals surface area contributed by atoms with E-state index in [0.717, 1.165) is 12.4 Å². The van der Waals surface area contributed by atoms with Crippen LogP contribution in [0.25, 0.3) is 0 Å². The van der Waals surface area contributed by atoms with Crippen molar-refractivity contribution in [2.24, 2.45) is 0 Å². The van der Waals surface area contributed by atoms with Gasteiger partial charge in [-0.3, -0.25) is 9.59 Å². The Kier molecular flexibility index (Phi) is 4.15. The van der Waals surface area contributed by atoms with Crippen molar-refractivity contribution in [3.63, 3.8) is 0 Å². The van der Waals surface area contributed by atoms with Gasteiger partial charge < -0.3 is 15.3 Å². The zero-order chi connectivity index (χ0) is 15.6. The first-order valence-electron chi connectivity index (χ1n) is 6.57. The van der Waals surface area contributed by atoms with Crippen LogP contribution in [0.1, 0.15) is 41.2 Å². The molecule has 0 radical (unpaired) electrons. The van der Waals surface area contributed by atoms with Gasteiger partial charge in [0.25, 0.3) is 5.91 Å². The van der Waals surface area contributed by atoms with Crippen molar-refractivity contribution in [1.82, 2.24) is 20.2 Å². The molecule has 8 nitrogen and oxygen atoms in total. The summed E-state index contributed by atoms with van der Waals surface area (Å²) in [6, 6.07) is -0.477. The molecule has 112 valence electrons. The fraction of sp³-hybridized carbons (Fsp3) is 0.462. The third-order valence-electron chi connectivity index (χ3n) is 3.27. The molecular weight excluding hydrogens is 276 g/mol. The summed E-state index contributed by atoms with van der Waals surface area (Å²) in [5, 5.41) is 11.3. The lowest BCUT2D eigenvalue weighted by molar-refractivity contribution is -0.130. The zero-order valence-corrected chi connectivity index (χ0v) is 11.7. The van der Waals surface area contributed by atoms with Gasteiger partial charge in [-0.15, -0.1) is 0 Å². The molecule has 0 aromatic carbocycles. The number of hydrogen-bond donors (Lipinski definition) is 2. The summed E-state index contributed by atoms with van der Waals surface area (Å²) in [6.07, 6.45) is 2.63. The number of amides is 2. The molecule has 2 amide bonds. The fourth-order valence-electron chi connectivity index (χ4n) is 2.14. The molecule has 1 aliphatic heterocycles. The predicted octanol–water partition coefficient (Wildman–Crippen LogP) is -0.0861. The van der Waals surface area contributed by atoms with E-state index >= 15 is 0 Å². The first-order valence-corrected chi connectivity index (χ1v) is 6.57. The number of nitrogens with zero attached hydrogens (tertiary/aromatic N) is 3. The Morgan fingerprint density at radius 1 is 1.33 bits per heavy atom. The maximum atomic E-state index is 12.1. The third kappa shape index (κ3) is 3.15. The number of aromatic nitrogens is 2. The molecule has 0 saturated carbocycles. The van der Waals surface area contributed by atoms with E-state index in [1.807, 2.05) is 13.8 Å². The van der Waals surface area contributed by atoms with Gasteiger partial charge in [0.1, 0.15) is 11.7 Å². The van der Waals surface area contributed by atoms with Gasteiger partial charge in [-0.25, -0.2) is 14.8 Å². The minimum atomic E-state index is -1.21. The largest absolute Gasteiger partial charge is 0.476 e. The number of carbonyl (C=O) groups is 3. The molecule has 1 atom stereocenters. The first-order chi connectivity index (χ1) is 9.90. The Hall–Kier alpha value is -2.51. The average molecular weight is 292 g/mol. The molecule has 0 bridgehead atoms. The Morgan fingerprint density at radius 3 is 2.43 bits per heavy atom. The molecule has 1 aromatic heterocycles.